The second-order valence-corrected chi connectivity index (χ2v) is 5.44. The molecule has 1 aliphatic heterocycles. The zero-order valence-electron chi connectivity index (χ0n) is 12.3. The monoisotopic (exact) mass is 312 g/mol. The van der Waals surface area contributed by atoms with Crippen molar-refractivity contribution in [3.8, 4) is 0 Å². The zero-order valence-corrected chi connectivity index (χ0v) is 12.3. The van der Waals surface area contributed by atoms with Gasteiger partial charge in [-0.25, -0.2) is 5.10 Å². The van der Waals surface area contributed by atoms with E-state index >= 15 is 0 Å². The molecular weight excluding hydrogens is 296 g/mol. The van der Waals surface area contributed by atoms with E-state index in [0.29, 0.717) is 12.8 Å². The van der Waals surface area contributed by atoms with Gasteiger partial charge in [-0.1, -0.05) is 18.2 Å². The molecule has 23 heavy (non-hydrogen) atoms. The molecule has 118 valence electrons. The Kier molecular flexibility index (Phi) is 4.18. The van der Waals surface area contributed by atoms with Gasteiger partial charge in [0.05, 0.1) is 0 Å². The Hall–Kier alpha value is -2.96. The average Bonchev–Trinajstić information content (AvgIpc) is 2.55. The van der Waals surface area contributed by atoms with Crippen LogP contribution in [0.3, 0.4) is 0 Å². The summed E-state index contributed by atoms with van der Waals surface area (Å²) < 4.78 is 0. The van der Waals surface area contributed by atoms with Gasteiger partial charge in [0.25, 0.3) is 5.56 Å². The molecule has 0 fully saturated rings. The number of aromatic amines is 1. The number of hydrogen-bond acceptors (Lipinski definition) is 4. The normalized spacial score (nSPS) is 16.3. The summed E-state index contributed by atoms with van der Waals surface area (Å²) in [6, 6.07) is 10.4. The second kappa shape index (κ2) is 6.43. The third-order valence-corrected chi connectivity index (χ3v) is 3.78. The third-order valence-electron chi connectivity index (χ3n) is 3.78. The molecule has 2 amide bonds. The van der Waals surface area contributed by atoms with Crippen molar-refractivity contribution in [3.05, 3.63) is 52.3 Å². The highest BCUT2D eigenvalue weighted by Crippen LogP contribution is 2.27. The van der Waals surface area contributed by atoms with Gasteiger partial charge in [-0.05, 0) is 30.5 Å². The van der Waals surface area contributed by atoms with Crippen molar-refractivity contribution in [2.24, 2.45) is 5.92 Å². The molecule has 3 N–H and O–H groups in total. The van der Waals surface area contributed by atoms with Crippen LogP contribution in [0.5, 0.6) is 0 Å². The maximum atomic E-state index is 12.1. The number of hydrogen-bond donors (Lipinski definition) is 3. The van der Waals surface area contributed by atoms with Gasteiger partial charge in [0.15, 0.2) is 5.82 Å². The third kappa shape index (κ3) is 3.63. The number of fused-ring (bicyclic) bond motifs is 1. The smallest absolute Gasteiger partial charge is 0.264 e. The highest BCUT2D eigenvalue weighted by molar-refractivity contribution is 5.96. The number of carbonyl (C=O) groups excluding carboxylic acids is 2. The minimum absolute atomic E-state index is 0.0568. The molecule has 0 spiro atoms. The Labute approximate surface area is 132 Å². The van der Waals surface area contributed by atoms with Crippen LogP contribution < -0.4 is 16.2 Å². The van der Waals surface area contributed by atoms with Gasteiger partial charge in [0.1, 0.15) is 0 Å². The molecule has 0 bridgehead atoms. The molecule has 1 aromatic heterocycles. The fraction of sp³-hybridized carbons (Fsp3) is 0.250. The van der Waals surface area contributed by atoms with Gasteiger partial charge in [-0.2, -0.15) is 5.10 Å². The fourth-order valence-electron chi connectivity index (χ4n) is 2.57. The van der Waals surface area contributed by atoms with Crippen molar-refractivity contribution in [2.45, 2.75) is 19.3 Å². The van der Waals surface area contributed by atoms with Gasteiger partial charge < -0.3 is 10.6 Å². The van der Waals surface area contributed by atoms with Gasteiger partial charge in [-0.15, -0.1) is 0 Å². The summed E-state index contributed by atoms with van der Waals surface area (Å²) in [5.41, 5.74) is 1.59. The molecule has 1 aliphatic rings. The highest BCUT2D eigenvalue weighted by atomic mass is 16.2. The lowest BCUT2D eigenvalue weighted by atomic mass is 9.89. The highest BCUT2D eigenvalue weighted by Gasteiger charge is 2.26. The SMILES string of the molecule is O=C(CCC1Cc2ccccc2NC1=O)Nc1ccc(=O)[nH]n1. The molecule has 1 aromatic carbocycles. The van der Waals surface area contributed by atoms with Crippen LogP contribution in [0.15, 0.2) is 41.2 Å². The summed E-state index contributed by atoms with van der Waals surface area (Å²) in [7, 11) is 0. The molecule has 0 saturated heterocycles. The Morgan fingerprint density at radius 2 is 2.04 bits per heavy atom. The van der Waals surface area contributed by atoms with Crippen molar-refractivity contribution >= 4 is 23.3 Å². The lowest BCUT2D eigenvalue weighted by molar-refractivity contribution is -0.121. The lowest BCUT2D eigenvalue weighted by Gasteiger charge is -2.24. The van der Waals surface area contributed by atoms with E-state index in [1.165, 1.54) is 12.1 Å². The number of H-pyrrole nitrogens is 1. The number of carbonyl (C=O) groups is 2. The molecule has 7 nitrogen and oxygen atoms in total. The van der Waals surface area contributed by atoms with Crippen molar-refractivity contribution < 1.29 is 9.59 Å². The maximum absolute atomic E-state index is 12.1. The van der Waals surface area contributed by atoms with Gasteiger partial charge in [0, 0.05) is 24.1 Å². The van der Waals surface area contributed by atoms with Crippen LogP contribution in [0, 0.1) is 5.92 Å². The summed E-state index contributed by atoms with van der Waals surface area (Å²) in [6.45, 7) is 0. The summed E-state index contributed by atoms with van der Waals surface area (Å²) >= 11 is 0. The molecule has 1 unspecified atom stereocenters. The summed E-state index contributed by atoms with van der Waals surface area (Å²) in [6.07, 6.45) is 1.29. The summed E-state index contributed by atoms with van der Waals surface area (Å²) in [4.78, 5) is 34.9. The van der Waals surface area contributed by atoms with Crippen molar-refractivity contribution in [1.82, 2.24) is 10.2 Å². The molecule has 1 atom stereocenters. The number of para-hydroxylation sites is 1. The molecule has 7 heteroatoms. The number of aromatic nitrogens is 2. The van der Waals surface area contributed by atoms with E-state index in [-0.39, 0.29) is 35.5 Å². The molecular formula is C16H16N4O3. The van der Waals surface area contributed by atoms with E-state index < -0.39 is 0 Å². The number of amides is 2. The minimum atomic E-state index is -0.333. The molecule has 0 radical (unpaired) electrons. The van der Waals surface area contributed by atoms with Gasteiger partial charge >= 0.3 is 0 Å². The maximum Gasteiger partial charge on any atom is 0.264 e. The fourth-order valence-corrected chi connectivity index (χ4v) is 2.57. The van der Waals surface area contributed by atoms with Crippen molar-refractivity contribution in [3.63, 3.8) is 0 Å². The zero-order chi connectivity index (χ0) is 16.2. The van der Waals surface area contributed by atoms with E-state index in [4.69, 9.17) is 0 Å². The Morgan fingerprint density at radius 1 is 1.22 bits per heavy atom. The van der Waals surface area contributed by atoms with Crippen LogP contribution in [-0.4, -0.2) is 22.0 Å². The molecule has 0 saturated carbocycles. The Morgan fingerprint density at radius 3 is 2.83 bits per heavy atom. The average molecular weight is 312 g/mol. The number of anilines is 2. The minimum Gasteiger partial charge on any atom is -0.326 e. The largest absolute Gasteiger partial charge is 0.326 e. The van der Waals surface area contributed by atoms with Crippen LogP contribution in [-0.2, 0) is 16.0 Å². The standard InChI is InChI=1S/C16H16N4O3/c21-14(18-13-6-8-15(22)20-19-13)7-5-11-9-10-3-1-2-4-12(10)17-16(11)23/h1-4,6,8,11H,5,7,9H2,(H,17,23)(H,20,22)(H,18,19,21). The number of benzene rings is 1. The van der Waals surface area contributed by atoms with Crippen LogP contribution in [0.1, 0.15) is 18.4 Å². The van der Waals surface area contributed by atoms with Crippen molar-refractivity contribution in [2.75, 3.05) is 10.6 Å². The first-order chi connectivity index (χ1) is 11.1. The first-order valence-electron chi connectivity index (χ1n) is 7.36. The molecule has 0 aliphatic carbocycles. The van der Waals surface area contributed by atoms with E-state index in [0.717, 1.165) is 11.3 Å². The quantitative estimate of drug-likeness (QED) is 0.791. The van der Waals surface area contributed by atoms with E-state index in [1.807, 2.05) is 24.3 Å². The first-order valence-corrected chi connectivity index (χ1v) is 7.36. The lowest BCUT2D eigenvalue weighted by Crippen LogP contribution is -2.30. The number of nitrogens with zero attached hydrogens (tertiary/aromatic N) is 1. The van der Waals surface area contributed by atoms with Gasteiger partial charge in [0.2, 0.25) is 11.8 Å². The topological polar surface area (TPSA) is 104 Å². The summed E-state index contributed by atoms with van der Waals surface area (Å²) in [5, 5.41) is 11.4. The predicted octanol–water partition coefficient (Wildman–Crippen LogP) is 1.30. The molecule has 2 heterocycles. The van der Waals surface area contributed by atoms with Gasteiger partial charge in [-0.3, -0.25) is 14.4 Å². The van der Waals surface area contributed by atoms with E-state index in [1.54, 1.807) is 0 Å². The predicted molar refractivity (Wildman–Crippen MR) is 85.0 cm³/mol. The number of rotatable bonds is 4. The molecule has 3 rings (SSSR count). The first kappa shape index (κ1) is 15.0. The van der Waals surface area contributed by atoms with Crippen LogP contribution >= 0.6 is 0 Å². The Balaban J connectivity index is 1.56. The van der Waals surface area contributed by atoms with E-state index in [2.05, 4.69) is 20.8 Å². The molecule has 2 aromatic rings. The van der Waals surface area contributed by atoms with Crippen molar-refractivity contribution in [1.29, 1.82) is 0 Å². The summed E-state index contributed by atoms with van der Waals surface area (Å²) in [5.74, 6) is -0.234. The second-order valence-electron chi connectivity index (χ2n) is 5.44. The van der Waals surface area contributed by atoms with E-state index in [9.17, 15) is 14.4 Å². The van der Waals surface area contributed by atoms with Crippen LogP contribution in [0.25, 0.3) is 0 Å². The van der Waals surface area contributed by atoms with Crippen LogP contribution in [0.4, 0.5) is 11.5 Å². The number of nitrogens with one attached hydrogen (secondary N) is 3. The van der Waals surface area contributed by atoms with Crippen LogP contribution in [0.2, 0.25) is 0 Å². The Bertz CT molecular complexity index is 779.